The minimum Gasteiger partial charge on any atom is -0.423 e. The first-order chi connectivity index (χ1) is 9.60. The van der Waals surface area contributed by atoms with Crippen LogP contribution in [0.15, 0.2) is 22.6 Å². The minimum absolute atomic E-state index is 0.000390. The fraction of sp³-hybridized carbons (Fsp3) is 0.462. The van der Waals surface area contributed by atoms with Crippen LogP contribution >= 0.6 is 0 Å². The number of nitro groups is 1. The Bertz CT molecular complexity index is 650. The average Bonchev–Trinajstić information content (AvgIpc) is 3.16. The van der Waals surface area contributed by atoms with Crippen molar-refractivity contribution in [2.75, 3.05) is 18.5 Å². The third-order valence-corrected chi connectivity index (χ3v) is 3.78. The second-order valence-electron chi connectivity index (χ2n) is 5.16. The van der Waals surface area contributed by atoms with Crippen molar-refractivity contribution < 1.29 is 9.34 Å². The molecule has 3 rings (SSSR count). The lowest BCUT2D eigenvalue weighted by Crippen LogP contribution is -2.39. The molecule has 0 amide bonds. The number of nitro benzene ring substituents is 1. The number of anilines is 1. The highest BCUT2D eigenvalue weighted by Gasteiger charge is 2.34. The molecule has 2 N–H and O–H groups in total. The predicted octanol–water partition coefficient (Wildman–Crippen LogP) is 1.91. The molecular formula is C13H16N4O3. The summed E-state index contributed by atoms with van der Waals surface area (Å²) in [5.74, 6) is 0.592. The van der Waals surface area contributed by atoms with Gasteiger partial charge in [0.1, 0.15) is 5.52 Å². The number of oxazole rings is 1. The van der Waals surface area contributed by atoms with E-state index in [1.54, 1.807) is 6.07 Å². The van der Waals surface area contributed by atoms with Crippen molar-refractivity contribution in [2.24, 2.45) is 11.7 Å². The van der Waals surface area contributed by atoms with E-state index in [-0.39, 0.29) is 11.7 Å². The van der Waals surface area contributed by atoms with Gasteiger partial charge in [-0.1, -0.05) is 0 Å². The zero-order valence-electron chi connectivity index (χ0n) is 11.2. The smallest absolute Gasteiger partial charge is 0.298 e. The van der Waals surface area contributed by atoms with Crippen LogP contribution in [0.25, 0.3) is 11.1 Å². The summed E-state index contributed by atoms with van der Waals surface area (Å²) in [4.78, 5) is 16.6. The van der Waals surface area contributed by atoms with E-state index in [9.17, 15) is 10.1 Å². The lowest BCUT2D eigenvalue weighted by molar-refractivity contribution is -0.384. The maximum absolute atomic E-state index is 10.8. The van der Waals surface area contributed by atoms with Crippen LogP contribution in [0.5, 0.6) is 0 Å². The SMILES string of the molecule is CN(c1nc2ccc([N+](=O)[O-])cc2o1)C(CN)C1CC1. The Balaban J connectivity index is 1.93. The Morgan fingerprint density at radius 3 is 2.95 bits per heavy atom. The fourth-order valence-electron chi connectivity index (χ4n) is 2.46. The average molecular weight is 276 g/mol. The Morgan fingerprint density at radius 1 is 1.60 bits per heavy atom. The van der Waals surface area contributed by atoms with Gasteiger partial charge in [0.05, 0.1) is 11.0 Å². The van der Waals surface area contributed by atoms with Gasteiger partial charge in [-0.15, -0.1) is 0 Å². The van der Waals surface area contributed by atoms with Crippen LogP contribution in [0.4, 0.5) is 11.7 Å². The summed E-state index contributed by atoms with van der Waals surface area (Å²) < 4.78 is 5.64. The molecule has 1 aliphatic carbocycles. The number of hydrogen-bond acceptors (Lipinski definition) is 6. The van der Waals surface area contributed by atoms with Crippen LogP contribution < -0.4 is 10.6 Å². The molecule has 1 unspecified atom stereocenters. The molecule has 7 nitrogen and oxygen atoms in total. The molecule has 2 aromatic rings. The zero-order chi connectivity index (χ0) is 14.3. The van der Waals surface area contributed by atoms with Crippen molar-refractivity contribution in [1.29, 1.82) is 0 Å². The van der Waals surface area contributed by atoms with Gasteiger partial charge in [-0.05, 0) is 24.8 Å². The van der Waals surface area contributed by atoms with Crippen LogP contribution in [-0.4, -0.2) is 29.5 Å². The Morgan fingerprint density at radius 2 is 2.35 bits per heavy atom. The highest BCUT2D eigenvalue weighted by molar-refractivity contribution is 5.77. The van der Waals surface area contributed by atoms with Gasteiger partial charge in [0.2, 0.25) is 0 Å². The lowest BCUT2D eigenvalue weighted by Gasteiger charge is -2.25. The molecule has 1 aromatic heterocycles. The quantitative estimate of drug-likeness (QED) is 0.661. The Kier molecular flexibility index (Phi) is 3.06. The standard InChI is InChI=1S/C13H16N4O3/c1-16(11(7-14)8-2-3-8)13-15-10-5-4-9(17(18)19)6-12(10)20-13/h4-6,8,11H,2-3,7,14H2,1H3. The van der Waals surface area contributed by atoms with Gasteiger partial charge in [-0.3, -0.25) is 10.1 Å². The van der Waals surface area contributed by atoms with Crippen LogP contribution in [0.3, 0.4) is 0 Å². The first kappa shape index (κ1) is 12.9. The number of non-ortho nitro benzene ring substituents is 1. The Hall–Kier alpha value is -2.15. The normalized spacial score (nSPS) is 16.3. The van der Waals surface area contributed by atoms with E-state index in [0.29, 0.717) is 29.6 Å². The molecule has 0 spiro atoms. The molecular weight excluding hydrogens is 260 g/mol. The van der Waals surface area contributed by atoms with Gasteiger partial charge < -0.3 is 15.1 Å². The largest absolute Gasteiger partial charge is 0.423 e. The lowest BCUT2D eigenvalue weighted by atomic mass is 10.2. The van der Waals surface area contributed by atoms with Gasteiger partial charge in [-0.25, -0.2) is 0 Å². The number of hydrogen-bond donors (Lipinski definition) is 1. The number of rotatable bonds is 5. The van der Waals surface area contributed by atoms with Crippen molar-refractivity contribution in [3.05, 3.63) is 28.3 Å². The van der Waals surface area contributed by atoms with E-state index < -0.39 is 4.92 Å². The molecule has 1 aromatic carbocycles. The van der Waals surface area contributed by atoms with Crippen LogP contribution in [-0.2, 0) is 0 Å². The number of nitrogens with two attached hydrogens (primary N) is 1. The van der Waals surface area contributed by atoms with E-state index in [2.05, 4.69) is 4.98 Å². The summed E-state index contributed by atoms with van der Waals surface area (Å²) in [6, 6.07) is 5.09. The number of fused-ring (bicyclic) bond motifs is 1. The molecule has 0 saturated heterocycles. The number of likely N-dealkylation sites (N-methyl/N-ethyl adjacent to an activating group) is 1. The van der Waals surface area contributed by atoms with Crippen molar-refractivity contribution >= 4 is 22.8 Å². The van der Waals surface area contributed by atoms with E-state index in [1.807, 2.05) is 11.9 Å². The highest BCUT2D eigenvalue weighted by Crippen LogP contribution is 2.36. The third kappa shape index (κ3) is 2.20. The van der Waals surface area contributed by atoms with Crippen LogP contribution in [0, 0.1) is 16.0 Å². The summed E-state index contributed by atoms with van der Waals surface area (Å²) in [5.41, 5.74) is 6.85. The molecule has 106 valence electrons. The molecule has 1 heterocycles. The van der Waals surface area contributed by atoms with Gasteiger partial charge in [0.25, 0.3) is 11.7 Å². The van der Waals surface area contributed by atoms with Crippen LogP contribution in [0.2, 0.25) is 0 Å². The number of benzene rings is 1. The molecule has 0 radical (unpaired) electrons. The van der Waals surface area contributed by atoms with E-state index in [1.165, 1.54) is 25.0 Å². The summed E-state index contributed by atoms with van der Waals surface area (Å²) >= 11 is 0. The first-order valence-electron chi connectivity index (χ1n) is 6.58. The summed E-state index contributed by atoms with van der Waals surface area (Å²) in [7, 11) is 1.90. The van der Waals surface area contributed by atoms with Crippen LogP contribution in [0.1, 0.15) is 12.8 Å². The number of aromatic nitrogens is 1. The molecule has 20 heavy (non-hydrogen) atoms. The molecule has 1 fully saturated rings. The van der Waals surface area contributed by atoms with Crippen molar-refractivity contribution in [3.63, 3.8) is 0 Å². The summed E-state index contributed by atoms with van der Waals surface area (Å²) in [6.45, 7) is 0.542. The summed E-state index contributed by atoms with van der Waals surface area (Å²) in [6.07, 6.45) is 2.36. The van der Waals surface area contributed by atoms with E-state index in [4.69, 9.17) is 10.2 Å². The molecule has 1 atom stereocenters. The van der Waals surface area contributed by atoms with Gasteiger partial charge in [0.15, 0.2) is 5.58 Å². The van der Waals surface area contributed by atoms with Gasteiger partial charge >= 0.3 is 0 Å². The molecule has 0 bridgehead atoms. The monoisotopic (exact) mass is 276 g/mol. The first-order valence-corrected chi connectivity index (χ1v) is 6.58. The second kappa shape index (κ2) is 4.75. The molecule has 1 aliphatic rings. The van der Waals surface area contributed by atoms with Crippen molar-refractivity contribution in [3.8, 4) is 0 Å². The Labute approximate surface area is 115 Å². The predicted molar refractivity (Wildman–Crippen MR) is 74.6 cm³/mol. The minimum atomic E-state index is -0.446. The van der Waals surface area contributed by atoms with E-state index >= 15 is 0 Å². The van der Waals surface area contributed by atoms with Gasteiger partial charge in [-0.2, -0.15) is 4.98 Å². The topological polar surface area (TPSA) is 98.4 Å². The van der Waals surface area contributed by atoms with Gasteiger partial charge in [0, 0.05) is 25.7 Å². The van der Waals surface area contributed by atoms with E-state index in [0.717, 1.165) is 0 Å². The molecule has 0 aliphatic heterocycles. The maximum Gasteiger partial charge on any atom is 0.298 e. The summed E-state index contributed by atoms with van der Waals surface area (Å²) in [5, 5.41) is 10.8. The molecule has 1 saturated carbocycles. The van der Waals surface area contributed by atoms with Crippen molar-refractivity contribution in [2.45, 2.75) is 18.9 Å². The zero-order valence-corrected chi connectivity index (χ0v) is 11.2. The number of nitrogens with zero attached hydrogens (tertiary/aromatic N) is 3. The maximum atomic E-state index is 10.8. The molecule has 7 heteroatoms. The third-order valence-electron chi connectivity index (χ3n) is 3.78. The fourth-order valence-corrected chi connectivity index (χ4v) is 2.46. The second-order valence-corrected chi connectivity index (χ2v) is 5.16. The van der Waals surface area contributed by atoms with Crippen molar-refractivity contribution in [1.82, 2.24) is 4.98 Å². The highest BCUT2D eigenvalue weighted by atomic mass is 16.6.